The molecule has 0 heterocycles. The van der Waals surface area contributed by atoms with E-state index in [-0.39, 0.29) is 16.7 Å². The third-order valence-corrected chi connectivity index (χ3v) is 3.99. The molecule has 0 aliphatic heterocycles. The van der Waals surface area contributed by atoms with E-state index < -0.39 is 5.82 Å². The SMILES string of the molecule is Cc1ccc(CC(=O)c2cccc(F)c2Br)cc1C. The topological polar surface area (TPSA) is 17.1 Å². The minimum Gasteiger partial charge on any atom is -0.294 e. The minimum absolute atomic E-state index is 0.0883. The van der Waals surface area contributed by atoms with Crippen LogP contribution in [0.3, 0.4) is 0 Å². The summed E-state index contributed by atoms with van der Waals surface area (Å²) in [5, 5.41) is 0. The summed E-state index contributed by atoms with van der Waals surface area (Å²) < 4.78 is 13.6. The van der Waals surface area contributed by atoms with Gasteiger partial charge in [-0.2, -0.15) is 0 Å². The molecule has 3 heteroatoms. The Bertz CT molecular complexity index is 635. The number of hydrogen-bond donors (Lipinski definition) is 0. The average molecular weight is 321 g/mol. The second kappa shape index (κ2) is 5.66. The van der Waals surface area contributed by atoms with Crippen LogP contribution in [0.5, 0.6) is 0 Å². The summed E-state index contributed by atoms with van der Waals surface area (Å²) in [6, 6.07) is 10.5. The van der Waals surface area contributed by atoms with Crippen LogP contribution >= 0.6 is 15.9 Å². The fourth-order valence-corrected chi connectivity index (χ4v) is 2.40. The molecule has 19 heavy (non-hydrogen) atoms. The molecular formula is C16H14BrFO. The molecule has 0 radical (unpaired) electrons. The summed E-state index contributed by atoms with van der Waals surface area (Å²) in [7, 11) is 0. The van der Waals surface area contributed by atoms with Crippen LogP contribution in [0, 0.1) is 19.7 Å². The van der Waals surface area contributed by atoms with Gasteiger partial charge in [0.2, 0.25) is 0 Å². The van der Waals surface area contributed by atoms with Crippen molar-refractivity contribution in [3.63, 3.8) is 0 Å². The van der Waals surface area contributed by atoms with Crippen molar-refractivity contribution >= 4 is 21.7 Å². The molecule has 2 rings (SSSR count). The highest BCUT2D eigenvalue weighted by Gasteiger charge is 2.13. The molecule has 0 N–H and O–H groups in total. The van der Waals surface area contributed by atoms with Crippen molar-refractivity contribution in [2.75, 3.05) is 0 Å². The number of carbonyl (C=O) groups excluding carboxylic acids is 1. The molecule has 0 fully saturated rings. The molecule has 0 aromatic heterocycles. The fourth-order valence-electron chi connectivity index (χ4n) is 1.91. The molecule has 1 nitrogen and oxygen atoms in total. The highest BCUT2D eigenvalue weighted by Crippen LogP contribution is 2.22. The molecule has 0 aliphatic rings. The minimum atomic E-state index is -0.411. The van der Waals surface area contributed by atoms with Gasteiger partial charge in [-0.15, -0.1) is 0 Å². The Morgan fingerprint density at radius 3 is 2.58 bits per heavy atom. The lowest BCUT2D eigenvalue weighted by Gasteiger charge is -2.07. The Morgan fingerprint density at radius 2 is 1.89 bits per heavy atom. The number of rotatable bonds is 3. The second-order valence-electron chi connectivity index (χ2n) is 4.62. The first-order valence-corrected chi connectivity index (χ1v) is 6.81. The van der Waals surface area contributed by atoms with Gasteiger partial charge in [-0.05, 0) is 52.5 Å². The third kappa shape index (κ3) is 3.10. The maximum absolute atomic E-state index is 13.4. The second-order valence-corrected chi connectivity index (χ2v) is 5.41. The normalized spacial score (nSPS) is 10.5. The molecule has 2 aromatic carbocycles. The van der Waals surface area contributed by atoms with Gasteiger partial charge in [0.25, 0.3) is 0 Å². The van der Waals surface area contributed by atoms with Gasteiger partial charge in [0.15, 0.2) is 5.78 Å². The lowest BCUT2D eigenvalue weighted by molar-refractivity contribution is 0.0991. The Hall–Kier alpha value is -1.48. The fraction of sp³-hybridized carbons (Fsp3) is 0.188. The summed E-state index contributed by atoms with van der Waals surface area (Å²) in [6.45, 7) is 4.05. The Labute approximate surface area is 120 Å². The Kier molecular flexibility index (Phi) is 4.15. The predicted molar refractivity (Wildman–Crippen MR) is 78.1 cm³/mol. The highest BCUT2D eigenvalue weighted by atomic mass is 79.9. The van der Waals surface area contributed by atoms with Crippen molar-refractivity contribution in [1.29, 1.82) is 0 Å². The molecule has 0 unspecified atom stereocenters. The van der Waals surface area contributed by atoms with Gasteiger partial charge in [0.05, 0.1) is 4.47 Å². The number of carbonyl (C=O) groups is 1. The van der Waals surface area contributed by atoms with Crippen LogP contribution in [0.25, 0.3) is 0 Å². The molecule has 0 atom stereocenters. The van der Waals surface area contributed by atoms with Crippen LogP contribution in [0.2, 0.25) is 0 Å². The van der Waals surface area contributed by atoms with Crippen molar-refractivity contribution in [2.24, 2.45) is 0 Å². The van der Waals surface area contributed by atoms with Gasteiger partial charge in [-0.1, -0.05) is 30.3 Å². The zero-order chi connectivity index (χ0) is 14.0. The lowest BCUT2D eigenvalue weighted by Crippen LogP contribution is -2.05. The van der Waals surface area contributed by atoms with Crippen molar-refractivity contribution in [1.82, 2.24) is 0 Å². The highest BCUT2D eigenvalue weighted by molar-refractivity contribution is 9.10. The van der Waals surface area contributed by atoms with E-state index in [9.17, 15) is 9.18 Å². The van der Waals surface area contributed by atoms with Crippen LogP contribution in [0.1, 0.15) is 27.0 Å². The zero-order valence-corrected chi connectivity index (χ0v) is 12.4. The first kappa shape index (κ1) is 13.9. The number of hydrogen-bond acceptors (Lipinski definition) is 1. The molecular weight excluding hydrogens is 307 g/mol. The zero-order valence-electron chi connectivity index (χ0n) is 10.8. The molecule has 2 aromatic rings. The monoisotopic (exact) mass is 320 g/mol. The summed E-state index contributed by atoms with van der Waals surface area (Å²) >= 11 is 3.12. The summed E-state index contributed by atoms with van der Waals surface area (Å²) in [5.41, 5.74) is 3.69. The van der Waals surface area contributed by atoms with Crippen LogP contribution in [0.15, 0.2) is 40.9 Å². The first-order valence-electron chi connectivity index (χ1n) is 6.02. The van der Waals surface area contributed by atoms with E-state index in [1.165, 1.54) is 11.6 Å². The smallest absolute Gasteiger partial charge is 0.168 e. The maximum atomic E-state index is 13.4. The third-order valence-electron chi connectivity index (χ3n) is 3.19. The van der Waals surface area contributed by atoms with E-state index in [2.05, 4.69) is 15.9 Å². The number of aryl methyl sites for hydroxylation is 2. The number of benzene rings is 2. The summed E-state index contributed by atoms with van der Waals surface area (Å²) in [4.78, 5) is 12.2. The van der Waals surface area contributed by atoms with Crippen molar-refractivity contribution < 1.29 is 9.18 Å². The number of ketones is 1. The first-order chi connectivity index (χ1) is 8.99. The van der Waals surface area contributed by atoms with E-state index in [1.807, 2.05) is 32.0 Å². The van der Waals surface area contributed by atoms with Gasteiger partial charge in [0.1, 0.15) is 5.82 Å². The van der Waals surface area contributed by atoms with Crippen molar-refractivity contribution in [2.45, 2.75) is 20.3 Å². The maximum Gasteiger partial charge on any atom is 0.168 e. The Morgan fingerprint density at radius 1 is 1.16 bits per heavy atom. The van der Waals surface area contributed by atoms with E-state index in [4.69, 9.17) is 0 Å². The molecule has 0 bridgehead atoms. The van der Waals surface area contributed by atoms with Crippen LogP contribution < -0.4 is 0 Å². The molecule has 98 valence electrons. The quantitative estimate of drug-likeness (QED) is 0.753. The molecule has 0 saturated carbocycles. The standard InChI is InChI=1S/C16H14BrFO/c1-10-6-7-12(8-11(10)2)9-15(19)13-4-3-5-14(18)16(13)17/h3-8H,9H2,1-2H3. The van der Waals surface area contributed by atoms with Gasteiger partial charge in [-0.25, -0.2) is 4.39 Å². The predicted octanol–water partition coefficient (Wildman–Crippen LogP) is 4.63. The molecule has 0 amide bonds. The van der Waals surface area contributed by atoms with Crippen LogP contribution in [0.4, 0.5) is 4.39 Å². The van der Waals surface area contributed by atoms with E-state index in [0.29, 0.717) is 5.56 Å². The van der Waals surface area contributed by atoms with Gasteiger partial charge < -0.3 is 0 Å². The Balaban J connectivity index is 2.26. The largest absolute Gasteiger partial charge is 0.294 e. The molecule has 0 aliphatic carbocycles. The van der Waals surface area contributed by atoms with Gasteiger partial charge in [0, 0.05) is 12.0 Å². The number of Topliss-reactive ketones (excluding diaryl/α,β-unsaturated/α-hetero) is 1. The van der Waals surface area contributed by atoms with Crippen LogP contribution in [-0.4, -0.2) is 5.78 Å². The average Bonchev–Trinajstić information content (AvgIpc) is 2.37. The van der Waals surface area contributed by atoms with Gasteiger partial charge in [-0.3, -0.25) is 4.79 Å². The lowest BCUT2D eigenvalue weighted by atomic mass is 9.99. The molecule has 0 spiro atoms. The van der Waals surface area contributed by atoms with Gasteiger partial charge >= 0.3 is 0 Å². The summed E-state index contributed by atoms with van der Waals surface area (Å²) in [6.07, 6.45) is 0.281. The molecule has 0 saturated heterocycles. The van der Waals surface area contributed by atoms with Crippen molar-refractivity contribution in [3.05, 3.63) is 68.9 Å². The van der Waals surface area contributed by atoms with E-state index in [1.54, 1.807) is 12.1 Å². The summed E-state index contributed by atoms with van der Waals surface area (Å²) in [5.74, 6) is -0.499. The van der Waals surface area contributed by atoms with Crippen molar-refractivity contribution in [3.8, 4) is 0 Å². The van der Waals surface area contributed by atoms with E-state index >= 15 is 0 Å². The van der Waals surface area contributed by atoms with Crippen LogP contribution in [-0.2, 0) is 6.42 Å². The van der Waals surface area contributed by atoms with E-state index in [0.717, 1.165) is 11.1 Å². The number of halogens is 2.